The average molecular weight is 189 g/mol. The number of terminal acetylenes is 1. The van der Waals surface area contributed by atoms with Crippen LogP contribution in [0.1, 0.15) is 5.56 Å². The smallest absolute Gasteiger partial charge is 0.0588 e. The minimum Gasteiger partial charge on any atom is -0.395 e. The van der Waals surface area contributed by atoms with Gasteiger partial charge in [-0.25, -0.2) is 0 Å². The third-order valence-electron chi connectivity index (χ3n) is 2.04. The zero-order chi connectivity index (χ0) is 10.2. The molecule has 0 amide bonds. The van der Waals surface area contributed by atoms with Crippen LogP contribution in [0.5, 0.6) is 0 Å². The van der Waals surface area contributed by atoms with E-state index in [1.807, 2.05) is 30.3 Å². The topological polar surface area (TPSA) is 32.3 Å². The number of rotatable bonds is 5. The van der Waals surface area contributed by atoms with Crippen LogP contribution in [-0.4, -0.2) is 24.3 Å². The molecule has 0 aliphatic rings. The summed E-state index contributed by atoms with van der Waals surface area (Å²) in [7, 11) is 0. The lowest BCUT2D eigenvalue weighted by Crippen LogP contribution is -2.34. The number of hydrogen-bond donors (Lipinski definition) is 2. The Morgan fingerprint density at radius 2 is 2.07 bits per heavy atom. The maximum atomic E-state index is 9.08. The molecule has 0 aliphatic carbocycles. The van der Waals surface area contributed by atoms with Crippen molar-refractivity contribution in [3.8, 4) is 12.3 Å². The van der Waals surface area contributed by atoms with Crippen molar-refractivity contribution in [2.45, 2.75) is 12.5 Å². The second kappa shape index (κ2) is 6.20. The lowest BCUT2D eigenvalue weighted by atomic mass is 10.1. The lowest BCUT2D eigenvalue weighted by Gasteiger charge is -2.14. The van der Waals surface area contributed by atoms with Crippen LogP contribution in [0.15, 0.2) is 30.3 Å². The Balaban J connectivity index is 2.45. The number of benzene rings is 1. The van der Waals surface area contributed by atoms with E-state index in [0.29, 0.717) is 6.54 Å². The van der Waals surface area contributed by atoms with Crippen molar-refractivity contribution >= 4 is 0 Å². The molecular weight excluding hydrogens is 174 g/mol. The van der Waals surface area contributed by atoms with E-state index in [0.717, 1.165) is 6.42 Å². The molecule has 0 saturated heterocycles. The van der Waals surface area contributed by atoms with Crippen LogP contribution in [0.25, 0.3) is 0 Å². The fraction of sp³-hybridized carbons (Fsp3) is 0.333. The number of nitrogens with one attached hydrogen (secondary N) is 1. The van der Waals surface area contributed by atoms with Crippen LogP contribution in [0, 0.1) is 12.3 Å². The molecule has 0 aromatic heterocycles. The summed E-state index contributed by atoms with van der Waals surface area (Å²) in [5.41, 5.74) is 1.20. The van der Waals surface area contributed by atoms with E-state index in [2.05, 4.69) is 11.2 Å². The fourth-order valence-corrected chi connectivity index (χ4v) is 1.30. The van der Waals surface area contributed by atoms with Crippen LogP contribution in [0.4, 0.5) is 0 Å². The predicted octanol–water partition coefficient (Wildman–Crippen LogP) is 0.813. The Morgan fingerprint density at radius 1 is 1.36 bits per heavy atom. The van der Waals surface area contributed by atoms with Crippen molar-refractivity contribution in [1.29, 1.82) is 0 Å². The highest BCUT2D eigenvalue weighted by atomic mass is 16.3. The van der Waals surface area contributed by atoms with E-state index in [1.165, 1.54) is 5.56 Å². The summed E-state index contributed by atoms with van der Waals surface area (Å²) in [5, 5.41) is 12.2. The Labute approximate surface area is 85.0 Å². The van der Waals surface area contributed by atoms with Gasteiger partial charge in [-0.15, -0.1) is 6.42 Å². The molecule has 0 radical (unpaired) electrons. The van der Waals surface area contributed by atoms with Crippen LogP contribution in [0.3, 0.4) is 0 Å². The largest absolute Gasteiger partial charge is 0.395 e. The van der Waals surface area contributed by atoms with E-state index in [9.17, 15) is 0 Å². The predicted molar refractivity (Wildman–Crippen MR) is 57.9 cm³/mol. The third-order valence-corrected chi connectivity index (χ3v) is 2.04. The monoisotopic (exact) mass is 189 g/mol. The molecule has 0 saturated carbocycles. The van der Waals surface area contributed by atoms with Gasteiger partial charge in [0.2, 0.25) is 0 Å². The number of aliphatic hydroxyl groups excluding tert-OH is 1. The minimum atomic E-state index is 0.0495. The normalized spacial score (nSPS) is 12.0. The highest BCUT2D eigenvalue weighted by Gasteiger charge is 2.05. The Kier molecular flexibility index (Phi) is 4.77. The summed E-state index contributed by atoms with van der Waals surface area (Å²) in [6, 6.07) is 10.1. The zero-order valence-corrected chi connectivity index (χ0v) is 8.11. The van der Waals surface area contributed by atoms with E-state index < -0.39 is 0 Å². The SMILES string of the molecule is C#CCN[C@@H](CO)Cc1ccccc1. The molecule has 1 aromatic carbocycles. The molecule has 0 fully saturated rings. The van der Waals surface area contributed by atoms with Gasteiger partial charge in [-0.1, -0.05) is 36.3 Å². The third kappa shape index (κ3) is 3.61. The van der Waals surface area contributed by atoms with E-state index in [4.69, 9.17) is 11.5 Å². The molecule has 0 bridgehead atoms. The molecular formula is C12H15NO. The first-order valence-corrected chi connectivity index (χ1v) is 4.68. The van der Waals surface area contributed by atoms with Gasteiger partial charge < -0.3 is 10.4 Å². The summed E-state index contributed by atoms with van der Waals surface area (Å²) < 4.78 is 0. The quantitative estimate of drug-likeness (QED) is 0.672. The first kappa shape index (κ1) is 10.8. The molecule has 2 heteroatoms. The molecule has 74 valence electrons. The second-order valence-electron chi connectivity index (χ2n) is 3.15. The summed E-state index contributed by atoms with van der Waals surface area (Å²) in [6.45, 7) is 0.606. The van der Waals surface area contributed by atoms with Crippen molar-refractivity contribution in [2.75, 3.05) is 13.2 Å². The van der Waals surface area contributed by atoms with Crippen LogP contribution >= 0.6 is 0 Å². The molecule has 1 aromatic rings. The first-order valence-electron chi connectivity index (χ1n) is 4.68. The Hall–Kier alpha value is -1.30. The van der Waals surface area contributed by atoms with Gasteiger partial charge in [-0.3, -0.25) is 0 Å². The van der Waals surface area contributed by atoms with Crippen molar-refractivity contribution in [1.82, 2.24) is 5.32 Å². The minimum absolute atomic E-state index is 0.0495. The van der Waals surface area contributed by atoms with Gasteiger partial charge in [-0.2, -0.15) is 0 Å². The molecule has 2 N–H and O–H groups in total. The van der Waals surface area contributed by atoms with Crippen LogP contribution < -0.4 is 5.32 Å². The molecule has 1 rings (SSSR count). The zero-order valence-electron chi connectivity index (χ0n) is 8.11. The molecule has 0 unspecified atom stereocenters. The van der Waals surface area contributed by atoms with Crippen molar-refractivity contribution in [3.05, 3.63) is 35.9 Å². The summed E-state index contributed by atoms with van der Waals surface area (Å²) >= 11 is 0. The van der Waals surface area contributed by atoms with Crippen molar-refractivity contribution < 1.29 is 5.11 Å². The number of aliphatic hydroxyl groups is 1. The molecule has 0 heterocycles. The molecule has 0 spiro atoms. The summed E-state index contributed by atoms with van der Waals surface area (Å²) in [5.74, 6) is 2.50. The summed E-state index contributed by atoms with van der Waals surface area (Å²) in [6.07, 6.45) is 5.94. The second-order valence-corrected chi connectivity index (χ2v) is 3.15. The van der Waals surface area contributed by atoms with Gasteiger partial charge in [0.05, 0.1) is 13.2 Å². The highest BCUT2D eigenvalue weighted by Crippen LogP contribution is 2.02. The van der Waals surface area contributed by atoms with Crippen molar-refractivity contribution in [3.63, 3.8) is 0 Å². The molecule has 0 aliphatic heterocycles. The average Bonchev–Trinajstić information content (AvgIpc) is 2.25. The van der Waals surface area contributed by atoms with E-state index in [1.54, 1.807) is 0 Å². The fourth-order valence-electron chi connectivity index (χ4n) is 1.30. The van der Waals surface area contributed by atoms with Gasteiger partial charge >= 0.3 is 0 Å². The van der Waals surface area contributed by atoms with Gasteiger partial charge in [0, 0.05) is 6.04 Å². The van der Waals surface area contributed by atoms with E-state index in [-0.39, 0.29) is 12.6 Å². The van der Waals surface area contributed by atoms with Gasteiger partial charge in [0.15, 0.2) is 0 Å². The molecule has 14 heavy (non-hydrogen) atoms. The lowest BCUT2D eigenvalue weighted by molar-refractivity contribution is 0.245. The molecule has 2 nitrogen and oxygen atoms in total. The van der Waals surface area contributed by atoms with E-state index >= 15 is 0 Å². The van der Waals surface area contributed by atoms with Gasteiger partial charge in [0.25, 0.3) is 0 Å². The van der Waals surface area contributed by atoms with Gasteiger partial charge in [0.1, 0.15) is 0 Å². The van der Waals surface area contributed by atoms with Crippen LogP contribution in [0.2, 0.25) is 0 Å². The first-order chi connectivity index (χ1) is 6.86. The Morgan fingerprint density at radius 3 is 2.64 bits per heavy atom. The van der Waals surface area contributed by atoms with Crippen LogP contribution in [-0.2, 0) is 6.42 Å². The molecule has 1 atom stereocenters. The standard InChI is InChI=1S/C12H15NO/c1-2-8-13-12(10-14)9-11-6-4-3-5-7-11/h1,3-7,12-14H,8-10H2/t12-/m1/s1. The summed E-state index contributed by atoms with van der Waals surface area (Å²) in [4.78, 5) is 0. The van der Waals surface area contributed by atoms with Gasteiger partial charge in [-0.05, 0) is 12.0 Å². The maximum Gasteiger partial charge on any atom is 0.0588 e. The highest BCUT2D eigenvalue weighted by molar-refractivity contribution is 5.16. The number of hydrogen-bond acceptors (Lipinski definition) is 2. The maximum absolute atomic E-state index is 9.08. The van der Waals surface area contributed by atoms with Crippen molar-refractivity contribution in [2.24, 2.45) is 0 Å². The Bertz CT molecular complexity index is 289.